The molecule has 1 amide bonds. The number of carbonyl (C=O) groups excluding carboxylic acids is 1. The first kappa shape index (κ1) is 16.4. The third-order valence-electron chi connectivity index (χ3n) is 3.82. The summed E-state index contributed by atoms with van der Waals surface area (Å²) in [5.41, 5.74) is 0.722. The molecule has 2 N–H and O–H groups in total. The summed E-state index contributed by atoms with van der Waals surface area (Å²) >= 11 is 8.87. The fourth-order valence-corrected chi connectivity index (χ4v) is 4.65. The highest BCUT2D eigenvalue weighted by Crippen LogP contribution is 2.33. The number of nitrogens with one attached hydrogen (secondary N) is 1. The minimum Gasteiger partial charge on any atom is -0.481 e. The Hall–Kier alpha value is -1.44. The predicted octanol–water partition coefficient (Wildman–Crippen LogP) is 3.44. The lowest BCUT2D eigenvalue weighted by Crippen LogP contribution is -2.34. The van der Waals surface area contributed by atoms with Crippen molar-refractivity contribution in [1.82, 2.24) is 10.3 Å². The zero-order valence-corrected chi connectivity index (χ0v) is 14.5. The molecule has 0 unspecified atom stereocenters. The first-order chi connectivity index (χ1) is 11.0. The molecule has 3 rings (SSSR count). The SMILES string of the molecule is O=C(Cc1csc(-c2ccc(Cl)s2)n1)N[C@H]1CC[C@@H](C(=O)O)C1. The third-order valence-corrected chi connectivity index (χ3v) is 6.12. The quantitative estimate of drug-likeness (QED) is 0.844. The Morgan fingerprint density at radius 3 is 2.87 bits per heavy atom. The van der Waals surface area contributed by atoms with Crippen LogP contribution in [0.4, 0.5) is 0 Å². The monoisotopic (exact) mass is 370 g/mol. The number of amides is 1. The number of aromatic nitrogens is 1. The predicted molar refractivity (Wildman–Crippen MR) is 91.0 cm³/mol. The summed E-state index contributed by atoms with van der Waals surface area (Å²) in [4.78, 5) is 28.5. The molecule has 1 saturated carbocycles. The summed E-state index contributed by atoms with van der Waals surface area (Å²) in [7, 11) is 0. The van der Waals surface area contributed by atoms with Gasteiger partial charge in [-0.15, -0.1) is 22.7 Å². The van der Waals surface area contributed by atoms with Gasteiger partial charge in [0.25, 0.3) is 0 Å². The number of nitrogens with zero attached hydrogens (tertiary/aromatic N) is 1. The van der Waals surface area contributed by atoms with Crippen LogP contribution in [0.3, 0.4) is 0 Å². The molecule has 2 aromatic heterocycles. The van der Waals surface area contributed by atoms with Crippen molar-refractivity contribution >= 4 is 46.2 Å². The molecule has 0 radical (unpaired) electrons. The fraction of sp³-hybridized carbons (Fsp3) is 0.400. The zero-order chi connectivity index (χ0) is 16.4. The van der Waals surface area contributed by atoms with Gasteiger partial charge in [0.1, 0.15) is 5.01 Å². The molecule has 2 aromatic rings. The molecule has 0 saturated heterocycles. The lowest BCUT2D eigenvalue weighted by Gasteiger charge is -2.11. The smallest absolute Gasteiger partial charge is 0.306 e. The number of carboxylic acids is 1. The molecule has 2 atom stereocenters. The topological polar surface area (TPSA) is 79.3 Å². The van der Waals surface area contributed by atoms with Crippen LogP contribution in [0.25, 0.3) is 9.88 Å². The second kappa shape index (κ2) is 6.98. The Balaban J connectivity index is 1.54. The maximum Gasteiger partial charge on any atom is 0.306 e. The molecule has 0 spiro atoms. The highest BCUT2D eigenvalue weighted by Gasteiger charge is 2.30. The van der Waals surface area contributed by atoms with Crippen molar-refractivity contribution in [3.8, 4) is 9.88 Å². The zero-order valence-electron chi connectivity index (χ0n) is 12.1. The van der Waals surface area contributed by atoms with Crippen molar-refractivity contribution in [1.29, 1.82) is 0 Å². The van der Waals surface area contributed by atoms with E-state index in [9.17, 15) is 9.59 Å². The van der Waals surface area contributed by atoms with Crippen LogP contribution in [0.5, 0.6) is 0 Å². The first-order valence-electron chi connectivity index (χ1n) is 7.23. The van der Waals surface area contributed by atoms with E-state index in [-0.39, 0.29) is 24.3 Å². The van der Waals surface area contributed by atoms with Gasteiger partial charge >= 0.3 is 5.97 Å². The van der Waals surface area contributed by atoms with E-state index in [0.29, 0.717) is 17.2 Å². The van der Waals surface area contributed by atoms with E-state index in [1.54, 1.807) is 0 Å². The van der Waals surface area contributed by atoms with Crippen LogP contribution in [0.2, 0.25) is 4.34 Å². The lowest BCUT2D eigenvalue weighted by molar-refractivity contribution is -0.141. The maximum absolute atomic E-state index is 12.1. The molecule has 0 aliphatic heterocycles. The van der Waals surface area contributed by atoms with Crippen molar-refractivity contribution in [2.75, 3.05) is 0 Å². The van der Waals surface area contributed by atoms with Crippen molar-refractivity contribution in [2.24, 2.45) is 5.92 Å². The van der Waals surface area contributed by atoms with Gasteiger partial charge in [-0.2, -0.15) is 0 Å². The molecule has 8 heteroatoms. The highest BCUT2D eigenvalue weighted by atomic mass is 35.5. The molecule has 23 heavy (non-hydrogen) atoms. The van der Waals surface area contributed by atoms with Gasteiger partial charge in [0.2, 0.25) is 5.91 Å². The van der Waals surface area contributed by atoms with Gasteiger partial charge < -0.3 is 10.4 Å². The van der Waals surface area contributed by atoms with Gasteiger partial charge in [-0.25, -0.2) is 4.98 Å². The molecule has 5 nitrogen and oxygen atoms in total. The molecule has 0 aromatic carbocycles. The minimum atomic E-state index is -0.777. The van der Waals surface area contributed by atoms with Crippen LogP contribution in [0.1, 0.15) is 25.0 Å². The summed E-state index contributed by atoms with van der Waals surface area (Å²) < 4.78 is 0.712. The van der Waals surface area contributed by atoms with Crippen LogP contribution >= 0.6 is 34.3 Å². The number of hydrogen-bond acceptors (Lipinski definition) is 5. The summed E-state index contributed by atoms with van der Waals surface area (Å²) in [5.74, 6) is -1.22. The second-order valence-corrected chi connectivity index (χ2v) is 8.11. The molecule has 2 heterocycles. The second-order valence-electron chi connectivity index (χ2n) is 5.54. The maximum atomic E-state index is 12.1. The number of aliphatic carboxylic acids is 1. The fourth-order valence-electron chi connectivity index (χ4n) is 2.71. The largest absolute Gasteiger partial charge is 0.481 e. The van der Waals surface area contributed by atoms with Crippen molar-refractivity contribution < 1.29 is 14.7 Å². The average molecular weight is 371 g/mol. The van der Waals surface area contributed by atoms with Crippen molar-refractivity contribution in [3.63, 3.8) is 0 Å². The molecule has 1 aliphatic rings. The standard InChI is InChI=1S/C15H15ClN2O3S2/c16-12-4-3-11(23-12)14-18-10(7-22-14)6-13(19)17-9-2-1-8(5-9)15(20)21/h3-4,7-9H,1-2,5-6H2,(H,17,19)(H,20,21)/t8-,9+/m1/s1. The highest BCUT2D eigenvalue weighted by molar-refractivity contribution is 7.23. The van der Waals surface area contributed by atoms with Crippen LogP contribution in [-0.4, -0.2) is 28.0 Å². The van der Waals surface area contributed by atoms with Crippen LogP contribution in [-0.2, 0) is 16.0 Å². The Morgan fingerprint density at radius 1 is 1.39 bits per heavy atom. The summed E-state index contributed by atoms with van der Waals surface area (Å²) in [5, 5.41) is 14.6. The van der Waals surface area contributed by atoms with Gasteiger partial charge in [0.15, 0.2) is 0 Å². The summed E-state index contributed by atoms with van der Waals surface area (Å²) in [6.45, 7) is 0. The molecule has 1 aliphatic carbocycles. The number of hydrogen-bond donors (Lipinski definition) is 2. The summed E-state index contributed by atoms with van der Waals surface area (Å²) in [6, 6.07) is 3.70. The van der Waals surface area contributed by atoms with Crippen LogP contribution < -0.4 is 5.32 Å². The van der Waals surface area contributed by atoms with E-state index < -0.39 is 5.97 Å². The number of thiophene rings is 1. The number of halogens is 1. The number of rotatable bonds is 5. The van der Waals surface area contributed by atoms with Gasteiger partial charge in [0.05, 0.1) is 27.2 Å². The van der Waals surface area contributed by atoms with Crippen molar-refractivity contribution in [3.05, 3.63) is 27.5 Å². The van der Waals surface area contributed by atoms with Crippen LogP contribution in [0, 0.1) is 5.92 Å². The first-order valence-corrected chi connectivity index (χ1v) is 9.31. The van der Waals surface area contributed by atoms with Crippen LogP contribution in [0.15, 0.2) is 17.5 Å². The Morgan fingerprint density at radius 2 is 2.22 bits per heavy atom. The van der Waals surface area contributed by atoms with E-state index in [4.69, 9.17) is 16.7 Å². The van der Waals surface area contributed by atoms with Gasteiger partial charge in [-0.1, -0.05) is 11.6 Å². The molecule has 1 fully saturated rings. The van der Waals surface area contributed by atoms with E-state index in [0.717, 1.165) is 22.0 Å². The Labute approximate surface area is 146 Å². The van der Waals surface area contributed by atoms with E-state index >= 15 is 0 Å². The van der Waals surface area contributed by atoms with Crippen molar-refractivity contribution in [2.45, 2.75) is 31.7 Å². The Kier molecular flexibility index (Phi) is 4.99. The Bertz CT molecular complexity index is 728. The van der Waals surface area contributed by atoms with E-state index in [2.05, 4.69) is 10.3 Å². The molecular weight excluding hydrogens is 356 g/mol. The number of carboxylic acid groups (broad SMARTS) is 1. The third kappa shape index (κ3) is 4.10. The summed E-state index contributed by atoms with van der Waals surface area (Å²) in [6.07, 6.45) is 2.07. The number of carbonyl (C=O) groups is 2. The molecule has 0 bridgehead atoms. The average Bonchev–Trinajstić information content (AvgIpc) is 3.19. The lowest BCUT2D eigenvalue weighted by atomic mass is 10.1. The van der Waals surface area contributed by atoms with Gasteiger partial charge in [-0.05, 0) is 31.4 Å². The normalized spacial score (nSPS) is 20.6. The molecule has 122 valence electrons. The van der Waals surface area contributed by atoms with Gasteiger partial charge in [-0.3, -0.25) is 9.59 Å². The van der Waals surface area contributed by atoms with Gasteiger partial charge in [0, 0.05) is 11.4 Å². The minimum absolute atomic E-state index is 0.0437. The van der Waals surface area contributed by atoms with E-state index in [1.165, 1.54) is 22.7 Å². The van der Waals surface area contributed by atoms with E-state index in [1.807, 2.05) is 17.5 Å². The number of thiazole rings is 1. The molecular formula is C15H15ClN2O3S2.